The second-order valence-corrected chi connectivity index (χ2v) is 3.38. The Morgan fingerprint density at radius 1 is 1.41 bits per heavy atom. The third-order valence-electron chi connectivity index (χ3n) is 2.43. The fourth-order valence-electron chi connectivity index (χ4n) is 1.54. The summed E-state index contributed by atoms with van der Waals surface area (Å²) in [6, 6.07) is 2.52. The number of aliphatic hydroxyl groups excluding tert-OH is 1. The van der Waals surface area contributed by atoms with Crippen molar-refractivity contribution in [3.63, 3.8) is 0 Å². The maximum absolute atomic E-state index is 11.6. The standard InChI is InChI=1S/C11H15NO5/c1-16-10(14)6-9(11(15)17-2)12-5-3-4-8(12)7-13/h3-5,9,13H,6-7H2,1-2H3/t9-/m0/s1. The van der Waals surface area contributed by atoms with Gasteiger partial charge < -0.3 is 19.1 Å². The predicted molar refractivity (Wildman–Crippen MR) is 58.0 cm³/mol. The molecule has 1 atom stereocenters. The molecule has 0 radical (unpaired) electrons. The topological polar surface area (TPSA) is 77.8 Å². The molecule has 6 heteroatoms. The Hall–Kier alpha value is -1.82. The summed E-state index contributed by atoms with van der Waals surface area (Å²) in [5.74, 6) is -1.07. The Labute approximate surface area is 98.7 Å². The van der Waals surface area contributed by atoms with Crippen molar-refractivity contribution in [2.24, 2.45) is 0 Å². The Kier molecular flexibility index (Phi) is 4.71. The van der Waals surface area contributed by atoms with E-state index in [-0.39, 0.29) is 13.0 Å². The fourth-order valence-corrected chi connectivity index (χ4v) is 1.54. The van der Waals surface area contributed by atoms with E-state index in [1.165, 1.54) is 18.8 Å². The van der Waals surface area contributed by atoms with Crippen molar-refractivity contribution >= 4 is 11.9 Å². The zero-order chi connectivity index (χ0) is 12.8. The van der Waals surface area contributed by atoms with Crippen molar-refractivity contribution in [1.82, 2.24) is 4.57 Å². The largest absolute Gasteiger partial charge is 0.469 e. The summed E-state index contributed by atoms with van der Waals surface area (Å²) >= 11 is 0. The number of hydrogen-bond acceptors (Lipinski definition) is 5. The van der Waals surface area contributed by atoms with Gasteiger partial charge in [-0.25, -0.2) is 4.79 Å². The second kappa shape index (κ2) is 6.05. The van der Waals surface area contributed by atoms with Crippen molar-refractivity contribution in [2.45, 2.75) is 19.1 Å². The van der Waals surface area contributed by atoms with Gasteiger partial charge in [0.25, 0.3) is 0 Å². The van der Waals surface area contributed by atoms with Gasteiger partial charge in [-0.05, 0) is 12.1 Å². The Morgan fingerprint density at radius 3 is 2.65 bits per heavy atom. The monoisotopic (exact) mass is 241 g/mol. The second-order valence-electron chi connectivity index (χ2n) is 3.38. The molecule has 0 aliphatic rings. The van der Waals surface area contributed by atoms with Crippen LogP contribution in [0.1, 0.15) is 18.2 Å². The third kappa shape index (κ3) is 3.07. The summed E-state index contributed by atoms with van der Waals surface area (Å²) in [7, 11) is 2.49. The van der Waals surface area contributed by atoms with Crippen LogP contribution in [0, 0.1) is 0 Å². The predicted octanol–water partition coefficient (Wildman–Crippen LogP) is 0.258. The molecule has 0 unspecified atom stereocenters. The minimum atomic E-state index is -0.815. The molecule has 1 aromatic rings. The summed E-state index contributed by atoms with van der Waals surface area (Å²) in [5, 5.41) is 9.11. The van der Waals surface area contributed by atoms with E-state index in [4.69, 9.17) is 5.11 Å². The summed E-state index contributed by atoms with van der Waals surface area (Å²) in [6.45, 7) is -0.221. The van der Waals surface area contributed by atoms with Crippen LogP contribution in [-0.4, -0.2) is 35.8 Å². The van der Waals surface area contributed by atoms with E-state index >= 15 is 0 Å². The molecular formula is C11H15NO5. The molecule has 0 saturated carbocycles. The van der Waals surface area contributed by atoms with Gasteiger partial charge in [0.2, 0.25) is 0 Å². The molecule has 1 aromatic heterocycles. The average Bonchev–Trinajstić information content (AvgIpc) is 2.82. The smallest absolute Gasteiger partial charge is 0.329 e. The molecular weight excluding hydrogens is 226 g/mol. The maximum Gasteiger partial charge on any atom is 0.329 e. The normalized spacial score (nSPS) is 11.9. The summed E-state index contributed by atoms with van der Waals surface area (Å²) in [4.78, 5) is 22.8. The Bertz CT molecular complexity index is 398. The van der Waals surface area contributed by atoms with Gasteiger partial charge in [-0.1, -0.05) is 0 Å². The summed E-state index contributed by atoms with van der Waals surface area (Å²) in [6.07, 6.45) is 1.47. The average molecular weight is 241 g/mol. The van der Waals surface area contributed by atoms with Crippen molar-refractivity contribution in [1.29, 1.82) is 0 Å². The molecule has 1 heterocycles. The van der Waals surface area contributed by atoms with Gasteiger partial charge in [0.1, 0.15) is 6.04 Å². The maximum atomic E-state index is 11.6. The highest BCUT2D eigenvalue weighted by Crippen LogP contribution is 2.18. The van der Waals surface area contributed by atoms with E-state index in [0.29, 0.717) is 5.69 Å². The molecule has 0 bridgehead atoms. The lowest BCUT2D eigenvalue weighted by atomic mass is 10.2. The van der Waals surface area contributed by atoms with Gasteiger partial charge in [0.05, 0.1) is 27.2 Å². The number of aliphatic hydroxyl groups is 1. The van der Waals surface area contributed by atoms with Gasteiger partial charge in [-0.15, -0.1) is 0 Å². The first-order valence-electron chi connectivity index (χ1n) is 5.05. The molecule has 6 nitrogen and oxygen atoms in total. The van der Waals surface area contributed by atoms with Gasteiger partial charge >= 0.3 is 11.9 Å². The Balaban J connectivity index is 2.97. The van der Waals surface area contributed by atoms with E-state index in [9.17, 15) is 9.59 Å². The number of hydrogen-bond donors (Lipinski definition) is 1. The van der Waals surface area contributed by atoms with Crippen LogP contribution < -0.4 is 0 Å². The van der Waals surface area contributed by atoms with Gasteiger partial charge in [0, 0.05) is 11.9 Å². The van der Waals surface area contributed by atoms with Crippen LogP contribution in [0.2, 0.25) is 0 Å². The van der Waals surface area contributed by atoms with E-state index in [0.717, 1.165) is 0 Å². The van der Waals surface area contributed by atoms with E-state index in [1.807, 2.05) is 0 Å². The number of carbonyl (C=O) groups is 2. The SMILES string of the molecule is COC(=O)C[C@@H](C(=O)OC)n1cccc1CO. The first-order valence-corrected chi connectivity index (χ1v) is 5.05. The van der Waals surface area contributed by atoms with Crippen LogP contribution in [-0.2, 0) is 25.7 Å². The minimum Gasteiger partial charge on any atom is -0.469 e. The van der Waals surface area contributed by atoms with Gasteiger partial charge in [-0.2, -0.15) is 0 Å². The summed E-state index contributed by atoms with van der Waals surface area (Å²) in [5.41, 5.74) is 0.532. The number of carbonyl (C=O) groups excluding carboxylic acids is 2. The van der Waals surface area contributed by atoms with E-state index in [2.05, 4.69) is 9.47 Å². The van der Waals surface area contributed by atoms with Crippen molar-refractivity contribution in [3.8, 4) is 0 Å². The van der Waals surface area contributed by atoms with Crippen LogP contribution >= 0.6 is 0 Å². The molecule has 0 aliphatic heterocycles. The molecule has 0 aromatic carbocycles. The van der Waals surface area contributed by atoms with E-state index < -0.39 is 18.0 Å². The first-order chi connectivity index (χ1) is 8.13. The molecule has 0 saturated heterocycles. The van der Waals surface area contributed by atoms with Crippen molar-refractivity contribution in [3.05, 3.63) is 24.0 Å². The highest BCUT2D eigenvalue weighted by atomic mass is 16.5. The lowest BCUT2D eigenvalue weighted by Crippen LogP contribution is -2.25. The number of esters is 2. The van der Waals surface area contributed by atoms with Crippen LogP contribution in [0.15, 0.2) is 18.3 Å². The number of ether oxygens (including phenoxy) is 2. The molecule has 1 N–H and O–H groups in total. The highest BCUT2D eigenvalue weighted by Gasteiger charge is 2.25. The summed E-state index contributed by atoms with van der Waals surface area (Å²) < 4.78 is 10.7. The fraction of sp³-hybridized carbons (Fsp3) is 0.455. The lowest BCUT2D eigenvalue weighted by Gasteiger charge is -2.17. The number of nitrogens with zero attached hydrogens (tertiary/aromatic N) is 1. The third-order valence-corrected chi connectivity index (χ3v) is 2.43. The van der Waals surface area contributed by atoms with Crippen LogP contribution in [0.3, 0.4) is 0 Å². The van der Waals surface area contributed by atoms with Crippen LogP contribution in [0.5, 0.6) is 0 Å². The highest BCUT2D eigenvalue weighted by molar-refractivity contribution is 5.81. The molecule has 0 amide bonds. The molecule has 0 aliphatic carbocycles. The lowest BCUT2D eigenvalue weighted by molar-refractivity contribution is -0.151. The molecule has 17 heavy (non-hydrogen) atoms. The van der Waals surface area contributed by atoms with Crippen LogP contribution in [0.4, 0.5) is 0 Å². The zero-order valence-corrected chi connectivity index (χ0v) is 9.75. The number of methoxy groups -OCH3 is 2. The van der Waals surface area contributed by atoms with Crippen molar-refractivity contribution in [2.75, 3.05) is 14.2 Å². The molecule has 0 fully saturated rings. The zero-order valence-electron chi connectivity index (χ0n) is 9.75. The van der Waals surface area contributed by atoms with Crippen LogP contribution in [0.25, 0.3) is 0 Å². The molecule has 1 rings (SSSR count). The van der Waals surface area contributed by atoms with Gasteiger partial charge in [-0.3, -0.25) is 4.79 Å². The number of aromatic nitrogens is 1. The molecule has 94 valence electrons. The Morgan fingerprint density at radius 2 is 2.12 bits per heavy atom. The number of rotatable bonds is 5. The van der Waals surface area contributed by atoms with Gasteiger partial charge in [0.15, 0.2) is 0 Å². The minimum absolute atomic E-state index is 0.134. The van der Waals surface area contributed by atoms with Crippen molar-refractivity contribution < 1.29 is 24.2 Å². The molecule has 0 spiro atoms. The quantitative estimate of drug-likeness (QED) is 0.748. The first kappa shape index (κ1) is 13.2. The van der Waals surface area contributed by atoms with E-state index in [1.54, 1.807) is 18.3 Å².